The van der Waals surface area contributed by atoms with E-state index >= 15 is 0 Å². The molecule has 0 radical (unpaired) electrons. The summed E-state index contributed by atoms with van der Waals surface area (Å²) in [4.78, 5) is 9.55. The van der Waals surface area contributed by atoms with E-state index < -0.39 is 0 Å². The predicted octanol–water partition coefficient (Wildman–Crippen LogP) is 2.82. The zero-order valence-corrected chi connectivity index (χ0v) is 11.2. The molecule has 2 aromatic rings. The van der Waals surface area contributed by atoms with E-state index in [2.05, 4.69) is 45.8 Å². The molecule has 0 aliphatic heterocycles. The number of aromatic nitrogens is 2. The van der Waals surface area contributed by atoms with Crippen LogP contribution in [0.3, 0.4) is 0 Å². The quantitative estimate of drug-likeness (QED) is 0.839. The molecule has 1 heterocycles. The lowest BCUT2D eigenvalue weighted by molar-refractivity contribution is 0.396. The Morgan fingerprint density at radius 1 is 1.33 bits per heavy atom. The van der Waals surface area contributed by atoms with E-state index in [0.29, 0.717) is 11.7 Å². The Morgan fingerprint density at radius 2 is 2.22 bits per heavy atom. The summed E-state index contributed by atoms with van der Waals surface area (Å²) in [6.07, 6.45) is 5.33. The zero-order valence-electron chi connectivity index (χ0n) is 10.4. The van der Waals surface area contributed by atoms with Crippen LogP contribution in [0.1, 0.15) is 5.56 Å². The van der Waals surface area contributed by atoms with Gasteiger partial charge in [0.25, 0.3) is 0 Å². The van der Waals surface area contributed by atoms with E-state index in [1.54, 1.807) is 31.3 Å². The molecule has 4 nitrogen and oxygen atoms in total. The molecule has 1 aromatic heterocycles. The Balaban J connectivity index is 2.01. The Bertz CT molecular complexity index is 472. The van der Waals surface area contributed by atoms with Gasteiger partial charge in [0.2, 0.25) is 5.88 Å². The number of thioether (sulfide) groups is 1. The van der Waals surface area contributed by atoms with Crippen LogP contribution in [0.2, 0.25) is 0 Å². The van der Waals surface area contributed by atoms with Crippen molar-refractivity contribution in [2.75, 3.05) is 18.7 Å². The average Bonchev–Trinajstić information content (AvgIpc) is 2.45. The minimum atomic E-state index is 0.512. The van der Waals surface area contributed by atoms with Crippen molar-refractivity contribution in [1.82, 2.24) is 9.97 Å². The van der Waals surface area contributed by atoms with E-state index in [4.69, 9.17) is 4.74 Å². The number of anilines is 1. The number of hydrogen-bond donors (Lipinski definition) is 1. The highest BCUT2D eigenvalue weighted by Crippen LogP contribution is 2.16. The summed E-state index contributed by atoms with van der Waals surface area (Å²) in [6, 6.07) is 8.39. The fourth-order valence-corrected chi connectivity index (χ4v) is 1.99. The van der Waals surface area contributed by atoms with Crippen molar-refractivity contribution < 1.29 is 4.74 Å². The standard InChI is InChI=1S/C13H15N3OS/c1-17-13-9-14-8-12(16-13)15-7-10-4-3-5-11(6-10)18-2/h3-6,8-9H,7H2,1-2H3,(H,15,16). The van der Waals surface area contributed by atoms with Crippen LogP contribution in [0.5, 0.6) is 5.88 Å². The van der Waals surface area contributed by atoms with Crippen molar-refractivity contribution in [2.45, 2.75) is 11.4 Å². The van der Waals surface area contributed by atoms with E-state index in [1.807, 2.05) is 0 Å². The number of nitrogens with one attached hydrogen (secondary N) is 1. The molecular formula is C13H15N3OS. The fraction of sp³-hybridized carbons (Fsp3) is 0.231. The van der Waals surface area contributed by atoms with Crippen LogP contribution < -0.4 is 10.1 Å². The van der Waals surface area contributed by atoms with Gasteiger partial charge in [-0.2, -0.15) is 4.98 Å². The van der Waals surface area contributed by atoms with Crippen molar-refractivity contribution in [3.8, 4) is 5.88 Å². The lowest BCUT2D eigenvalue weighted by Gasteiger charge is -2.07. The lowest BCUT2D eigenvalue weighted by Crippen LogP contribution is -2.02. The molecule has 0 saturated carbocycles. The van der Waals surface area contributed by atoms with Crippen LogP contribution in [-0.4, -0.2) is 23.3 Å². The molecule has 18 heavy (non-hydrogen) atoms. The summed E-state index contributed by atoms with van der Waals surface area (Å²) >= 11 is 1.73. The summed E-state index contributed by atoms with van der Waals surface area (Å²) in [5, 5.41) is 3.22. The highest BCUT2D eigenvalue weighted by Gasteiger charge is 1.99. The third-order valence-electron chi connectivity index (χ3n) is 2.43. The highest BCUT2D eigenvalue weighted by molar-refractivity contribution is 7.98. The topological polar surface area (TPSA) is 47.0 Å². The van der Waals surface area contributed by atoms with E-state index in [0.717, 1.165) is 6.54 Å². The predicted molar refractivity (Wildman–Crippen MR) is 74.1 cm³/mol. The Hall–Kier alpha value is -1.75. The number of ether oxygens (including phenoxy) is 1. The second-order valence-corrected chi connectivity index (χ2v) is 4.53. The van der Waals surface area contributed by atoms with Gasteiger partial charge in [-0.25, -0.2) is 0 Å². The number of hydrogen-bond acceptors (Lipinski definition) is 5. The van der Waals surface area contributed by atoms with Gasteiger partial charge in [-0.1, -0.05) is 12.1 Å². The number of rotatable bonds is 5. The second kappa shape index (κ2) is 6.26. The van der Waals surface area contributed by atoms with Gasteiger partial charge in [0.1, 0.15) is 5.82 Å². The molecule has 0 unspecified atom stereocenters. The highest BCUT2D eigenvalue weighted by atomic mass is 32.2. The largest absolute Gasteiger partial charge is 0.480 e. The summed E-state index contributed by atoms with van der Waals surface area (Å²) in [6.45, 7) is 0.718. The first-order chi connectivity index (χ1) is 8.81. The monoisotopic (exact) mass is 261 g/mol. The van der Waals surface area contributed by atoms with Gasteiger partial charge >= 0.3 is 0 Å². The van der Waals surface area contributed by atoms with E-state index in [9.17, 15) is 0 Å². The van der Waals surface area contributed by atoms with Crippen LogP contribution in [0.15, 0.2) is 41.6 Å². The van der Waals surface area contributed by atoms with Crippen molar-refractivity contribution in [3.63, 3.8) is 0 Å². The molecule has 0 spiro atoms. The minimum absolute atomic E-state index is 0.512. The van der Waals surface area contributed by atoms with Crippen LogP contribution >= 0.6 is 11.8 Å². The summed E-state index contributed by atoms with van der Waals surface area (Å²) in [5.74, 6) is 1.22. The molecule has 0 amide bonds. The van der Waals surface area contributed by atoms with Crippen LogP contribution in [0.4, 0.5) is 5.82 Å². The molecule has 5 heteroatoms. The van der Waals surface area contributed by atoms with E-state index in [1.165, 1.54) is 10.5 Å². The maximum absolute atomic E-state index is 5.03. The molecule has 94 valence electrons. The Morgan fingerprint density at radius 3 is 3.00 bits per heavy atom. The van der Waals surface area contributed by atoms with Gasteiger partial charge in [0.15, 0.2) is 0 Å². The van der Waals surface area contributed by atoms with Gasteiger partial charge in [-0.3, -0.25) is 4.98 Å². The van der Waals surface area contributed by atoms with Crippen molar-refractivity contribution >= 4 is 17.6 Å². The first kappa shape index (κ1) is 12.7. The lowest BCUT2D eigenvalue weighted by atomic mass is 10.2. The van der Waals surface area contributed by atoms with Gasteiger partial charge in [0.05, 0.1) is 19.5 Å². The smallest absolute Gasteiger partial charge is 0.233 e. The first-order valence-electron chi connectivity index (χ1n) is 5.54. The molecule has 0 bridgehead atoms. The van der Waals surface area contributed by atoms with E-state index in [-0.39, 0.29) is 0 Å². The fourth-order valence-electron chi connectivity index (χ4n) is 1.51. The summed E-state index contributed by atoms with van der Waals surface area (Å²) in [5.41, 5.74) is 1.21. The molecule has 0 fully saturated rings. The summed E-state index contributed by atoms with van der Waals surface area (Å²) in [7, 11) is 1.58. The first-order valence-corrected chi connectivity index (χ1v) is 6.77. The maximum Gasteiger partial charge on any atom is 0.233 e. The van der Waals surface area contributed by atoms with Crippen LogP contribution in [0, 0.1) is 0 Å². The Labute approximate surface area is 111 Å². The number of nitrogens with zero attached hydrogens (tertiary/aromatic N) is 2. The SMILES string of the molecule is COc1cncc(NCc2cccc(SC)c2)n1. The molecule has 0 aliphatic carbocycles. The Kier molecular flexibility index (Phi) is 4.41. The molecule has 2 rings (SSSR count). The molecule has 0 atom stereocenters. The molecule has 1 N–H and O–H groups in total. The van der Waals surface area contributed by atoms with Crippen LogP contribution in [0.25, 0.3) is 0 Å². The average molecular weight is 261 g/mol. The van der Waals surface area contributed by atoms with Crippen LogP contribution in [-0.2, 0) is 6.54 Å². The third kappa shape index (κ3) is 3.37. The summed E-state index contributed by atoms with van der Waals surface area (Å²) < 4.78 is 5.03. The van der Waals surface area contributed by atoms with Crippen molar-refractivity contribution in [3.05, 3.63) is 42.2 Å². The zero-order chi connectivity index (χ0) is 12.8. The molecule has 1 aromatic carbocycles. The normalized spacial score (nSPS) is 10.1. The number of methoxy groups -OCH3 is 1. The van der Waals surface area contributed by atoms with Gasteiger partial charge in [-0.15, -0.1) is 11.8 Å². The van der Waals surface area contributed by atoms with Gasteiger partial charge < -0.3 is 10.1 Å². The molecular weight excluding hydrogens is 246 g/mol. The van der Waals surface area contributed by atoms with Gasteiger partial charge in [-0.05, 0) is 24.0 Å². The van der Waals surface area contributed by atoms with Gasteiger partial charge in [0, 0.05) is 11.4 Å². The number of benzene rings is 1. The molecule has 0 aliphatic rings. The maximum atomic E-state index is 5.03. The van der Waals surface area contributed by atoms with Crippen molar-refractivity contribution in [1.29, 1.82) is 0 Å². The van der Waals surface area contributed by atoms with Crippen molar-refractivity contribution in [2.24, 2.45) is 0 Å². The molecule has 0 saturated heterocycles. The minimum Gasteiger partial charge on any atom is -0.480 e. The second-order valence-electron chi connectivity index (χ2n) is 3.65. The third-order valence-corrected chi connectivity index (χ3v) is 3.15.